The van der Waals surface area contributed by atoms with Gasteiger partial charge >= 0.3 is 0 Å². The van der Waals surface area contributed by atoms with Gasteiger partial charge in [0.25, 0.3) is 0 Å². The highest BCUT2D eigenvalue weighted by Gasteiger charge is 2.34. The van der Waals surface area contributed by atoms with Gasteiger partial charge in [-0.05, 0) is 48.2 Å². The number of carbonyl (C=O) groups is 1. The third-order valence-electron chi connectivity index (χ3n) is 5.05. The molecule has 1 saturated heterocycles. The quantitative estimate of drug-likeness (QED) is 0.863. The van der Waals surface area contributed by atoms with Crippen LogP contribution >= 0.6 is 0 Å². The number of rotatable bonds is 6. The Morgan fingerprint density at radius 1 is 1.12 bits per heavy atom. The topological polar surface area (TPSA) is 47.6 Å². The van der Waals surface area contributed by atoms with Crippen LogP contribution in [0.4, 0.5) is 4.39 Å². The van der Waals surface area contributed by atoms with Crippen molar-refractivity contribution in [1.82, 2.24) is 5.32 Å². The van der Waals surface area contributed by atoms with Crippen molar-refractivity contribution < 1.29 is 18.7 Å². The highest BCUT2D eigenvalue weighted by atomic mass is 19.1. The van der Waals surface area contributed by atoms with Gasteiger partial charge < -0.3 is 14.8 Å². The van der Waals surface area contributed by atoms with Crippen molar-refractivity contribution >= 4 is 5.91 Å². The molecule has 1 aliphatic rings. The van der Waals surface area contributed by atoms with Gasteiger partial charge in [0, 0.05) is 25.2 Å². The molecule has 2 aromatic rings. The predicted molar refractivity (Wildman–Crippen MR) is 97.8 cm³/mol. The Labute approximate surface area is 153 Å². The molecule has 138 valence electrons. The zero-order valence-electron chi connectivity index (χ0n) is 15.0. The largest absolute Gasteiger partial charge is 0.497 e. The van der Waals surface area contributed by atoms with Crippen LogP contribution in [0.3, 0.4) is 0 Å². The van der Waals surface area contributed by atoms with E-state index in [2.05, 4.69) is 17.4 Å². The molecule has 4 nitrogen and oxygen atoms in total. The first-order valence-corrected chi connectivity index (χ1v) is 8.85. The molecular formula is C21H24FNO3. The second kappa shape index (κ2) is 8.32. The van der Waals surface area contributed by atoms with Crippen molar-refractivity contribution in [3.63, 3.8) is 0 Å². The maximum atomic E-state index is 13.0. The van der Waals surface area contributed by atoms with Crippen LogP contribution in [0.1, 0.15) is 24.0 Å². The SMILES string of the molecule is COc1ccc(C2(CNC(=O)Cc3ccc(F)cc3)CCOCC2)cc1. The Bertz CT molecular complexity index is 722. The standard InChI is InChI=1S/C21H24FNO3/c1-25-19-8-4-17(5-9-19)21(10-12-26-13-11-21)15-23-20(24)14-16-2-6-18(22)7-3-16/h2-9H,10-15H2,1H3,(H,23,24). The van der Waals surface area contributed by atoms with E-state index in [9.17, 15) is 9.18 Å². The molecule has 5 heteroatoms. The van der Waals surface area contributed by atoms with E-state index in [1.54, 1.807) is 19.2 Å². The van der Waals surface area contributed by atoms with E-state index in [1.807, 2.05) is 12.1 Å². The number of carbonyl (C=O) groups excluding carboxylic acids is 1. The van der Waals surface area contributed by atoms with Crippen molar-refractivity contribution in [1.29, 1.82) is 0 Å². The molecule has 0 spiro atoms. The fraction of sp³-hybridized carbons (Fsp3) is 0.381. The number of halogens is 1. The number of nitrogens with one attached hydrogen (secondary N) is 1. The molecular weight excluding hydrogens is 333 g/mol. The van der Waals surface area contributed by atoms with Crippen LogP contribution in [0.5, 0.6) is 5.75 Å². The molecule has 0 saturated carbocycles. The lowest BCUT2D eigenvalue weighted by Crippen LogP contribution is -2.45. The predicted octanol–water partition coefficient (Wildman–Crippen LogP) is 3.24. The third kappa shape index (κ3) is 4.41. The van der Waals surface area contributed by atoms with Gasteiger partial charge in [-0.15, -0.1) is 0 Å². The smallest absolute Gasteiger partial charge is 0.224 e. The van der Waals surface area contributed by atoms with E-state index in [1.165, 1.54) is 17.7 Å². The molecule has 2 aromatic carbocycles. The Morgan fingerprint density at radius 3 is 2.38 bits per heavy atom. The van der Waals surface area contributed by atoms with Crippen LogP contribution in [0.15, 0.2) is 48.5 Å². The molecule has 1 aliphatic heterocycles. The minimum Gasteiger partial charge on any atom is -0.497 e. The summed E-state index contributed by atoms with van der Waals surface area (Å²) in [4.78, 5) is 12.4. The minimum atomic E-state index is -0.296. The van der Waals surface area contributed by atoms with E-state index < -0.39 is 0 Å². The average molecular weight is 357 g/mol. The van der Waals surface area contributed by atoms with Gasteiger partial charge in [-0.2, -0.15) is 0 Å². The maximum absolute atomic E-state index is 13.0. The summed E-state index contributed by atoms with van der Waals surface area (Å²) >= 11 is 0. The molecule has 0 bridgehead atoms. The number of ether oxygens (including phenoxy) is 2. The van der Waals surface area contributed by atoms with Crippen molar-refractivity contribution in [2.45, 2.75) is 24.7 Å². The lowest BCUT2D eigenvalue weighted by molar-refractivity contribution is -0.120. The summed E-state index contributed by atoms with van der Waals surface area (Å²) in [7, 11) is 1.65. The van der Waals surface area contributed by atoms with E-state index >= 15 is 0 Å². The number of benzene rings is 2. The van der Waals surface area contributed by atoms with Crippen molar-refractivity contribution in [3.05, 3.63) is 65.5 Å². The molecule has 0 aromatic heterocycles. The molecule has 0 unspecified atom stereocenters. The van der Waals surface area contributed by atoms with Crippen LogP contribution in [-0.2, 0) is 21.4 Å². The molecule has 1 N–H and O–H groups in total. The van der Waals surface area contributed by atoms with Gasteiger partial charge in [0.1, 0.15) is 11.6 Å². The first kappa shape index (κ1) is 18.4. The summed E-state index contributed by atoms with van der Waals surface area (Å²) in [5.41, 5.74) is 1.85. The highest BCUT2D eigenvalue weighted by molar-refractivity contribution is 5.78. The van der Waals surface area contributed by atoms with Crippen LogP contribution in [-0.4, -0.2) is 32.8 Å². The Morgan fingerprint density at radius 2 is 1.77 bits per heavy atom. The lowest BCUT2D eigenvalue weighted by Gasteiger charge is -2.38. The van der Waals surface area contributed by atoms with Gasteiger partial charge in [0.15, 0.2) is 0 Å². The second-order valence-corrected chi connectivity index (χ2v) is 6.70. The Balaban J connectivity index is 1.67. The summed E-state index contributed by atoms with van der Waals surface area (Å²) in [6.07, 6.45) is 1.96. The summed E-state index contributed by atoms with van der Waals surface area (Å²) in [5.74, 6) is 0.460. The summed E-state index contributed by atoms with van der Waals surface area (Å²) in [5, 5.41) is 3.06. The van der Waals surface area contributed by atoms with Gasteiger partial charge in [0.05, 0.1) is 13.5 Å². The van der Waals surface area contributed by atoms with Gasteiger partial charge in [0.2, 0.25) is 5.91 Å². The maximum Gasteiger partial charge on any atom is 0.224 e. The zero-order chi connectivity index (χ0) is 18.4. The van der Waals surface area contributed by atoms with Crippen LogP contribution in [0.25, 0.3) is 0 Å². The van der Waals surface area contributed by atoms with Gasteiger partial charge in [-0.3, -0.25) is 4.79 Å². The molecule has 1 heterocycles. The number of hydrogen-bond donors (Lipinski definition) is 1. The number of methoxy groups -OCH3 is 1. The van der Waals surface area contributed by atoms with Crippen molar-refractivity contribution in [2.24, 2.45) is 0 Å². The van der Waals surface area contributed by atoms with Gasteiger partial charge in [-0.1, -0.05) is 24.3 Å². The van der Waals surface area contributed by atoms with E-state index in [0.717, 1.165) is 24.2 Å². The molecule has 0 atom stereocenters. The lowest BCUT2D eigenvalue weighted by atomic mass is 9.74. The van der Waals surface area contributed by atoms with Gasteiger partial charge in [-0.25, -0.2) is 4.39 Å². The summed E-state index contributed by atoms with van der Waals surface area (Å²) < 4.78 is 23.8. The average Bonchev–Trinajstić information content (AvgIpc) is 2.69. The molecule has 3 rings (SSSR count). The second-order valence-electron chi connectivity index (χ2n) is 6.70. The first-order chi connectivity index (χ1) is 12.6. The minimum absolute atomic E-state index is 0.0593. The fourth-order valence-electron chi connectivity index (χ4n) is 3.39. The third-order valence-corrected chi connectivity index (χ3v) is 5.05. The normalized spacial score (nSPS) is 16.1. The van der Waals surface area contributed by atoms with Crippen molar-refractivity contribution in [2.75, 3.05) is 26.9 Å². The monoisotopic (exact) mass is 357 g/mol. The Kier molecular flexibility index (Phi) is 5.89. The number of hydrogen-bond acceptors (Lipinski definition) is 3. The fourth-order valence-corrected chi connectivity index (χ4v) is 3.39. The molecule has 0 radical (unpaired) electrons. The molecule has 0 aliphatic carbocycles. The van der Waals surface area contributed by atoms with Crippen molar-refractivity contribution in [3.8, 4) is 5.75 Å². The number of amides is 1. The highest BCUT2D eigenvalue weighted by Crippen LogP contribution is 2.35. The Hall–Kier alpha value is -2.40. The molecule has 1 amide bonds. The van der Waals surface area contributed by atoms with Crippen LogP contribution in [0.2, 0.25) is 0 Å². The summed E-state index contributed by atoms with van der Waals surface area (Å²) in [6, 6.07) is 14.1. The van der Waals surface area contributed by atoms with E-state index in [-0.39, 0.29) is 23.6 Å². The molecule has 1 fully saturated rings. The van der Waals surface area contributed by atoms with E-state index in [0.29, 0.717) is 19.8 Å². The van der Waals surface area contributed by atoms with E-state index in [4.69, 9.17) is 9.47 Å². The van der Waals surface area contributed by atoms with Crippen LogP contribution < -0.4 is 10.1 Å². The zero-order valence-corrected chi connectivity index (χ0v) is 15.0. The summed E-state index contributed by atoms with van der Waals surface area (Å²) in [6.45, 7) is 1.92. The molecule has 26 heavy (non-hydrogen) atoms. The van der Waals surface area contributed by atoms with Crippen LogP contribution in [0, 0.1) is 5.82 Å². The first-order valence-electron chi connectivity index (χ1n) is 8.85.